The molecular formula is C15H24FN3. The fourth-order valence-electron chi connectivity index (χ4n) is 2.35. The normalized spacial score (nSPS) is 18.9. The lowest BCUT2D eigenvalue weighted by Gasteiger charge is -2.37. The lowest BCUT2D eigenvalue weighted by Crippen LogP contribution is -2.50. The Kier molecular flexibility index (Phi) is 4.77. The Balaban J connectivity index is 1.84. The van der Waals surface area contributed by atoms with E-state index < -0.39 is 0 Å². The quantitative estimate of drug-likeness (QED) is 0.903. The summed E-state index contributed by atoms with van der Waals surface area (Å²) in [5, 5.41) is 0. The third-order valence-electron chi connectivity index (χ3n) is 3.89. The van der Waals surface area contributed by atoms with Crippen LogP contribution in [0, 0.1) is 11.7 Å². The van der Waals surface area contributed by atoms with Crippen LogP contribution in [0.4, 0.5) is 10.1 Å². The summed E-state index contributed by atoms with van der Waals surface area (Å²) in [4.78, 5) is 4.72. The van der Waals surface area contributed by atoms with Gasteiger partial charge in [-0.25, -0.2) is 4.39 Å². The Morgan fingerprint density at radius 2 is 1.68 bits per heavy atom. The summed E-state index contributed by atoms with van der Waals surface area (Å²) in [6.07, 6.45) is 0. The van der Waals surface area contributed by atoms with Gasteiger partial charge in [-0.2, -0.15) is 0 Å². The van der Waals surface area contributed by atoms with Gasteiger partial charge in [0.2, 0.25) is 0 Å². The highest BCUT2D eigenvalue weighted by molar-refractivity contribution is 5.46. The van der Waals surface area contributed by atoms with Crippen molar-refractivity contribution in [3.8, 4) is 0 Å². The van der Waals surface area contributed by atoms with Crippen LogP contribution in [0.2, 0.25) is 0 Å². The van der Waals surface area contributed by atoms with E-state index in [1.165, 1.54) is 12.1 Å². The molecule has 1 aromatic rings. The van der Waals surface area contributed by atoms with Gasteiger partial charge in [0, 0.05) is 44.5 Å². The predicted octanol–water partition coefficient (Wildman–Crippen LogP) is 1.93. The highest BCUT2D eigenvalue weighted by Gasteiger charge is 2.19. The van der Waals surface area contributed by atoms with Crippen LogP contribution in [-0.4, -0.2) is 43.7 Å². The van der Waals surface area contributed by atoms with Crippen molar-refractivity contribution in [2.75, 3.05) is 37.6 Å². The number of hydrogen-bond donors (Lipinski definition) is 1. The average Bonchev–Trinajstić information content (AvgIpc) is 2.40. The van der Waals surface area contributed by atoms with Crippen molar-refractivity contribution in [2.24, 2.45) is 11.7 Å². The van der Waals surface area contributed by atoms with E-state index in [4.69, 9.17) is 5.73 Å². The van der Waals surface area contributed by atoms with E-state index in [-0.39, 0.29) is 11.9 Å². The van der Waals surface area contributed by atoms with Gasteiger partial charge in [-0.3, -0.25) is 4.90 Å². The standard InChI is InChI=1S/C15H24FN3/c1-12(2)15(17)11-18-7-9-19(10-8-18)14-5-3-13(16)4-6-14/h3-6,12,15H,7-11,17H2,1-2H3. The van der Waals surface area contributed by atoms with Crippen LogP contribution < -0.4 is 10.6 Å². The number of halogens is 1. The number of nitrogens with zero attached hydrogens (tertiary/aromatic N) is 2. The molecule has 1 fully saturated rings. The average molecular weight is 265 g/mol. The number of piperazine rings is 1. The number of anilines is 1. The maximum atomic E-state index is 12.9. The van der Waals surface area contributed by atoms with Gasteiger partial charge < -0.3 is 10.6 Å². The van der Waals surface area contributed by atoms with Crippen LogP contribution in [0.5, 0.6) is 0 Å². The minimum Gasteiger partial charge on any atom is -0.369 e. The second-order valence-electron chi connectivity index (χ2n) is 5.67. The Labute approximate surface area is 115 Å². The van der Waals surface area contributed by atoms with Crippen LogP contribution in [-0.2, 0) is 0 Å². The molecule has 106 valence electrons. The molecule has 2 N–H and O–H groups in total. The zero-order valence-electron chi connectivity index (χ0n) is 11.8. The fraction of sp³-hybridized carbons (Fsp3) is 0.600. The van der Waals surface area contributed by atoms with E-state index in [0.29, 0.717) is 5.92 Å². The minimum absolute atomic E-state index is 0.176. The zero-order valence-corrected chi connectivity index (χ0v) is 11.8. The predicted molar refractivity (Wildman–Crippen MR) is 77.9 cm³/mol. The molecule has 4 heteroatoms. The molecule has 3 nitrogen and oxygen atoms in total. The third kappa shape index (κ3) is 3.91. The highest BCUT2D eigenvalue weighted by atomic mass is 19.1. The molecule has 1 saturated heterocycles. The number of benzene rings is 1. The van der Waals surface area contributed by atoms with Crippen molar-refractivity contribution in [1.29, 1.82) is 0 Å². The van der Waals surface area contributed by atoms with Crippen LogP contribution in [0.25, 0.3) is 0 Å². The molecule has 1 aromatic carbocycles. The second kappa shape index (κ2) is 6.35. The van der Waals surface area contributed by atoms with Crippen molar-refractivity contribution in [3.63, 3.8) is 0 Å². The van der Waals surface area contributed by atoms with E-state index in [9.17, 15) is 4.39 Å². The van der Waals surface area contributed by atoms with Crippen molar-refractivity contribution < 1.29 is 4.39 Å². The van der Waals surface area contributed by atoms with Gasteiger partial charge in [0.05, 0.1) is 0 Å². The summed E-state index contributed by atoms with van der Waals surface area (Å²) in [6, 6.07) is 7.00. The minimum atomic E-state index is -0.176. The number of hydrogen-bond acceptors (Lipinski definition) is 3. The summed E-state index contributed by atoms with van der Waals surface area (Å²) in [5.74, 6) is 0.348. The van der Waals surface area contributed by atoms with Gasteiger partial charge in [0.25, 0.3) is 0 Å². The first-order chi connectivity index (χ1) is 9.06. The SMILES string of the molecule is CC(C)C(N)CN1CCN(c2ccc(F)cc2)CC1. The van der Waals surface area contributed by atoms with Crippen molar-refractivity contribution >= 4 is 5.69 Å². The monoisotopic (exact) mass is 265 g/mol. The summed E-state index contributed by atoms with van der Waals surface area (Å²) in [7, 11) is 0. The van der Waals surface area contributed by atoms with E-state index in [2.05, 4.69) is 23.6 Å². The molecule has 0 amide bonds. The third-order valence-corrected chi connectivity index (χ3v) is 3.89. The molecule has 1 aliphatic rings. The maximum Gasteiger partial charge on any atom is 0.123 e. The summed E-state index contributed by atoms with van der Waals surface area (Å²) < 4.78 is 12.9. The van der Waals surface area contributed by atoms with Gasteiger partial charge in [0.1, 0.15) is 5.82 Å². The largest absolute Gasteiger partial charge is 0.369 e. The summed E-state index contributed by atoms with van der Waals surface area (Å²) >= 11 is 0. The van der Waals surface area contributed by atoms with Crippen LogP contribution in [0.3, 0.4) is 0 Å². The molecule has 1 aliphatic heterocycles. The lowest BCUT2D eigenvalue weighted by molar-refractivity contribution is 0.226. The molecule has 0 bridgehead atoms. The van der Waals surface area contributed by atoms with Gasteiger partial charge >= 0.3 is 0 Å². The van der Waals surface area contributed by atoms with Crippen LogP contribution >= 0.6 is 0 Å². The first kappa shape index (κ1) is 14.3. The van der Waals surface area contributed by atoms with Gasteiger partial charge in [-0.1, -0.05) is 13.8 Å². The maximum absolute atomic E-state index is 12.9. The van der Waals surface area contributed by atoms with Crippen LogP contribution in [0.1, 0.15) is 13.8 Å². The fourth-order valence-corrected chi connectivity index (χ4v) is 2.35. The summed E-state index contributed by atoms with van der Waals surface area (Å²) in [5.41, 5.74) is 7.22. The molecule has 2 rings (SSSR count). The number of rotatable bonds is 4. The molecule has 0 spiro atoms. The molecule has 19 heavy (non-hydrogen) atoms. The first-order valence-electron chi connectivity index (χ1n) is 7.04. The highest BCUT2D eigenvalue weighted by Crippen LogP contribution is 2.17. The van der Waals surface area contributed by atoms with Crippen molar-refractivity contribution in [2.45, 2.75) is 19.9 Å². The summed E-state index contributed by atoms with van der Waals surface area (Å²) in [6.45, 7) is 9.32. The Bertz CT molecular complexity index is 383. The molecule has 0 aliphatic carbocycles. The Hall–Kier alpha value is -1.13. The molecular weight excluding hydrogens is 241 g/mol. The topological polar surface area (TPSA) is 32.5 Å². The molecule has 1 heterocycles. The molecule has 0 aromatic heterocycles. The van der Waals surface area contributed by atoms with Crippen LogP contribution in [0.15, 0.2) is 24.3 Å². The molecule has 1 atom stereocenters. The first-order valence-corrected chi connectivity index (χ1v) is 7.04. The molecule has 0 saturated carbocycles. The lowest BCUT2D eigenvalue weighted by atomic mass is 10.0. The van der Waals surface area contributed by atoms with Gasteiger partial charge in [-0.05, 0) is 30.2 Å². The van der Waals surface area contributed by atoms with Gasteiger partial charge in [0.15, 0.2) is 0 Å². The van der Waals surface area contributed by atoms with E-state index in [1.807, 2.05) is 12.1 Å². The molecule has 1 unspecified atom stereocenters. The Morgan fingerprint density at radius 1 is 1.11 bits per heavy atom. The Morgan fingerprint density at radius 3 is 2.21 bits per heavy atom. The smallest absolute Gasteiger partial charge is 0.123 e. The van der Waals surface area contributed by atoms with E-state index in [0.717, 1.165) is 38.4 Å². The van der Waals surface area contributed by atoms with Crippen molar-refractivity contribution in [1.82, 2.24) is 4.90 Å². The van der Waals surface area contributed by atoms with Gasteiger partial charge in [-0.15, -0.1) is 0 Å². The zero-order chi connectivity index (χ0) is 13.8. The second-order valence-corrected chi connectivity index (χ2v) is 5.67. The molecule has 0 radical (unpaired) electrons. The van der Waals surface area contributed by atoms with E-state index >= 15 is 0 Å². The van der Waals surface area contributed by atoms with E-state index in [1.54, 1.807) is 0 Å². The number of nitrogens with two attached hydrogens (primary N) is 1. The van der Waals surface area contributed by atoms with Crippen molar-refractivity contribution in [3.05, 3.63) is 30.1 Å².